The van der Waals surface area contributed by atoms with Crippen molar-refractivity contribution in [2.75, 3.05) is 0 Å². The topological polar surface area (TPSA) is 242 Å². The molecular formula is C6H9NaO14P2S2. The minimum absolute atomic E-state index is 0. The molecule has 0 saturated heterocycles. The molecule has 14 nitrogen and oxygen atoms in total. The van der Waals surface area contributed by atoms with Gasteiger partial charge in [0.2, 0.25) is 0 Å². The van der Waals surface area contributed by atoms with Crippen molar-refractivity contribution in [3.05, 3.63) is 12.1 Å². The van der Waals surface area contributed by atoms with Gasteiger partial charge in [-0.1, -0.05) is 0 Å². The fraction of sp³-hybridized carbons (Fsp3) is 0. The molecule has 0 aliphatic rings. The van der Waals surface area contributed by atoms with E-state index in [4.69, 9.17) is 19.2 Å². The first kappa shape index (κ1) is 24.9. The van der Waals surface area contributed by atoms with Gasteiger partial charge in [-0.05, 0) is 6.07 Å². The van der Waals surface area contributed by atoms with Crippen LogP contribution in [0.4, 0.5) is 0 Å². The molecule has 0 heterocycles. The normalized spacial score (nSPS) is 15.2. The van der Waals surface area contributed by atoms with Crippen molar-refractivity contribution in [2.24, 2.45) is 0 Å². The van der Waals surface area contributed by atoms with Crippen LogP contribution in [0.25, 0.3) is 0 Å². The molecular weight excluding hydrogens is 445 g/mol. The molecule has 0 aliphatic carbocycles. The van der Waals surface area contributed by atoms with E-state index in [9.17, 15) is 36.2 Å². The number of aromatic hydroxyl groups is 2. The summed E-state index contributed by atoms with van der Waals surface area (Å²) in [6.07, 6.45) is 0. The molecule has 140 valence electrons. The van der Waals surface area contributed by atoms with Crippen molar-refractivity contribution < 1.29 is 94.7 Å². The predicted octanol–water partition coefficient (Wildman–Crippen LogP) is -3.62. The smallest absolute Gasteiger partial charge is 1.00 e. The summed E-state index contributed by atoms with van der Waals surface area (Å²) in [6, 6.07) is 0.202. The van der Waals surface area contributed by atoms with Gasteiger partial charge in [0.05, 0.1) is 4.90 Å². The maximum atomic E-state index is 11.7. The molecule has 19 heteroatoms. The molecule has 6 N–H and O–H groups in total. The Kier molecular flexibility index (Phi) is 7.88. The second-order valence-corrected chi connectivity index (χ2v) is 9.77. The molecule has 1 atom stereocenters. The summed E-state index contributed by atoms with van der Waals surface area (Å²) < 4.78 is 82.6. The monoisotopic (exact) mass is 454 g/mol. The molecule has 0 radical (unpaired) electrons. The SMILES string of the molecule is O=P(O)(O)OP(=O)(O)OS(=O)(=O)c1cc(O)c(O)c(S(=O)(=O)O)c1.[H-].[Na+]. The second kappa shape index (κ2) is 7.90. The Bertz CT molecular complexity index is 967. The minimum Gasteiger partial charge on any atom is -1.00 e. The Morgan fingerprint density at radius 2 is 1.48 bits per heavy atom. The van der Waals surface area contributed by atoms with Crippen LogP contribution in [0, 0.1) is 0 Å². The van der Waals surface area contributed by atoms with Gasteiger partial charge in [0.15, 0.2) is 11.5 Å². The number of rotatable bonds is 6. The summed E-state index contributed by atoms with van der Waals surface area (Å²) in [7, 11) is -22.2. The van der Waals surface area contributed by atoms with Gasteiger partial charge in [0.25, 0.3) is 10.1 Å². The summed E-state index contributed by atoms with van der Waals surface area (Å²) in [5.41, 5.74) is 0. The van der Waals surface area contributed by atoms with Crippen molar-refractivity contribution in [3.8, 4) is 11.5 Å². The molecule has 0 amide bonds. The zero-order valence-corrected chi connectivity index (χ0v) is 17.2. The third-order valence-electron chi connectivity index (χ3n) is 2.00. The average molecular weight is 454 g/mol. The Balaban J connectivity index is 0. The molecule has 1 aromatic rings. The Labute approximate surface area is 163 Å². The van der Waals surface area contributed by atoms with E-state index in [0.29, 0.717) is 0 Å². The average Bonchev–Trinajstić information content (AvgIpc) is 2.25. The van der Waals surface area contributed by atoms with Crippen molar-refractivity contribution in [1.82, 2.24) is 0 Å². The first-order valence-corrected chi connectivity index (χ1v) is 10.9. The van der Waals surface area contributed by atoms with Crippen LogP contribution in [0.5, 0.6) is 11.5 Å². The maximum Gasteiger partial charge on any atom is 1.00 e. The minimum atomic E-state index is -5.89. The van der Waals surface area contributed by atoms with E-state index < -0.39 is 57.2 Å². The zero-order chi connectivity index (χ0) is 19.1. The van der Waals surface area contributed by atoms with Crippen LogP contribution >= 0.6 is 15.6 Å². The summed E-state index contributed by atoms with van der Waals surface area (Å²) >= 11 is 0. The third-order valence-corrected chi connectivity index (χ3v) is 6.89. The Morgan fingerprint density at radius 1 is 1.00 bits per heavy atom. The molecule has 0 saturated carbocycles. The van der Waals surface area contributed by atoms with E-state index in [1.807, 2.05) is 0 Å². The summed E-state index contributed by atoms with van der Waals surface area (Å²) in [6.45, 7) is 0. The fourth-order valence-electron chi connectivity index (χ4n) is 1.22. The number of hydrogen-bond donors (Lipinski definition) is 6. The zero-order valence-electron chi connectivity index (χ0n) is 12.8. The summed E-state index contributed by atoms with van der Waals surface area (Å²) in [4.78, 5) is 22.8. The van der Waals surface area contributed by atoms with E-state index in [1.54, 1.807) is 0 Å². The van der Waals surface area contributed by atoms with Crippen LogP contribution in [-0.4, -0.2) is 46.3 Å². The van der Waals surface area contributed by atoms with E-state index >= 15 is 0 Å². The molecule has 1 aromatic carbocycles. The van der Waals surface area contributed by atoms with Crippen molar-refractivity contribution in [3.63, 3.8) is 0 Å². The molecule has 1 unspecified atom stereocenters. The maximum absolute atomic E-state index is 11.7. The van der Waals surface area contributed by atoms with Crippen molar-refractivity contribution in [1.29, 1.82) is 0 Å². The first-order chi connectivity index (χ1) is 10.4. The first-order valence-electron chi connectivity index (χ1n) is 5.04. The van der Waals surface area contributed by atoms with Gasteiger partial charge >= 0.3 is 55.3 Å². The molecule has 1 rings (SSSR count). The molecule has 0 bridgehead atoms. The summed E-state index contributed by atoms with van der Waals surface area (Å²) in [5.74, 6) is -2.81. The standard InChI is InChI=1S/C6H8O14P2S2.Na.H/c7-4-1-3(2-5(6(4)8)23(14,15)16)24(17,18)20-22(12,13)19-21(9,10)11;;/h1-2,7-8H,(H,12,13)(H2,9,10,11)(H,14,15,16);;/q;+1;-1. The number of phosphoric acid groups is 2. The predicted molar refractivity (Wildman–Crippen MR) is 71.9 cm³/mol. The molecule has 0 aromatic heterocycles. The van der Waals surface area contributed by atoms with Crippen LogP contribution < -0.4 is 29.6 Å². The van der Waals surface area contributed by atoms with E-state index in [-0.39, 0.29) is 43.1 Å². The van der Waals surface area contributed by atoms with Crippen LogP contribution in [0.3, 0.4) is 0 Å². The number of benzene rings is 1. The van der Waals surface area contributed by atoms with Crippen LogP contribution in [0.1, 0.15) is 1.43 Å². The van der Waals surface area contributed by atoms with Gasteiger partial charge in [-0.2, -0.15) is 25.1 Å². The van der Waals surface area contributed by atoms with Gasteiger partial charge in [-0.3, -0.25) is 4.55 Å². The number of phenolic OH excluding ortho intramolecular Hbond substituents is 2. The van der Waals surface area contributed by atoms with E-state index in [1.165, 1.54) is 0 Å². The molecule has 25 heavy (non-hydrogen) atoms. The largest absolute Gasteiger partial charge is 1.00 e. The van der Waals surface area contributed by atoms with Crippen molar-refractivity contribution >= 4 is 35.9 Å². The fourth-order valence-corrected chi connectivity index (χ4v) is 5.21. The molecule has 0 aliphatic heterocycles. The van der Waals surface area contributed by atoms with Gasteiger partial charge < -0.3 is 26.3 Å². The van der Waals surface area contributed by atoms with E-state index in [0.717, 1.165) is 0 Å². The van der Waals surface area contributed by atoms with Gasteiger partial charge in [0, 0.05) is 6.07 Å². The Morgan fingerprint density at radius 3 is 1.88 bits per heavy atom. The quantitative estimate of drug-likeness (QED) is 0.105. The molecule has 0 spiro atoms. The Hall–Kier alpha value is -0.0600. The number of hydrogen-bond acceptors (Lipinski definition) is 10. The van der Waals surface area contributed by atoms with Crippen LogP contribution in [0.15, 0.2) is 21.9 Å². The second-order valence-electron chi connectivity index (χ2n) is 3.83. The van der Waals surface area contributed by atoms with Gasteiger partial charge in [-0.15, -0.1) is 0 Å². The van der Waals surface area contributed by atoms with Gasteiger partial charge in [-0.25, -0.2) is 9.13 Å². The van der Waals surface area contributed by atoms with Crippen LogP contribution in [0.2, 0.25) is 0 Å². The molecule has 0 fully saturated rings. The van der Waals surface area contributed by atoms with Crippen molar-refractivity contribution in [2.45, 2.75) is 9.79 Å². The van der Waals surface area contributed by atoms with E-state index in [2.05, 4.69) is 8.28 Å². The summed E-state index contributed by atoms with van der Waals surface area (Å²) in [5, 5.41) is 18.5. The van der Waals surface area contributed by atoms with Gasteiger partial charge in [0.1, 0.15) is 4.90 Å². The third kappa shape index (κ3) is 7.22. The van der Waals surface area contributed by atoms with Crippen LogP contribution in [-0.2, 0) is 37.6 Å². The number of phenols is 2.